The first-order valence-electron chi connectivity index (χ1n) is 40.8. The maximum absolute atomic E-state index is 14.4. The third-order valence-corrected chi connectivity index (χ3v) is 21.4. The molecule has 102 heavy (non-hydrogen) atoms. The third kappa shape index (κ3) is 41.0. The number of hydrogen-bond acceptors (Lipinski definition) is 23. The van der Waals surface area contributed by atoms with Gasteiger partial charge in [0, 0.05) is 19.3 Å². The molecule has 1 aliphatic carbocycles. The smallest absolute Gasteiger partial charge is 0.463 e. The second kappa shape index (κ2) is 58.9. The molecule has 0 aromatic rings. The standard InChI is InChI=1S/C77H145O24P/c1-4-7-10-13-16-19-22-25-28-31-34-37-40-43-46-49-52-62(80)94-57-60-65(83)67(85)72(90)77(98-60)100-74-70(88)68(86)69(87)73(99-76-71(89)66(84)64(82)59(54-78)97-76)75(74)101-102(91,92)95-56-58(55-93-61(79)51-48-45-42-39-36-33-30-27-24-21-18-15-12-9-6-3)96-63(81)53-50-47-44-41-38-35-32-29-26-23-20-17-14-11-8-5-2/h58-60,64-78,82-90H,4-57H2,1-3H3,(H,91,92). The first kappa shape index (κ1) is 94.2. The fourth-order valence-electron chi connectivity index (χ4n) is 13.8. The molecule has 3 rings (SSSR count). The average molecular weight is 1490 g/mol. The van der Waals surface area contributed by atoms with Gasteiger partial charge >= 0.3 is 25.7 Å². The first-order chi connectivity index (χ1) is 49.3. The summed E-state index contributed by atoms with van der Waals surface area (Å²) in [5.74, 6) is -1.97. The summed E-state index contributed by atoms with van der Waals surface area (Å²) in [6.07, 6.45) is 18.5. The van der Waals surface area contributed by atoms with Crippen molar-refractivity contribution < 1.29 is 117 Å². The molecule has 1 saturated carbocycles. The van der Waals surface area contributed by atoms with Crippen LogP contribution < -0.4 is 0 Å². The predicted octanol–water partition coefficient (Wildman–Crippen LogP) is 12.5. The molecule has 11 N–H and O–H groups in total. The van der Waals surface area contributed by atoms with Crippen LogP contribution in [0.3, 0.4) is 0 Å². The zero-order chi connectivity index (χ0) is 74.6. The van der Waals surface area contributed by atoms with Gasteiger partial charge in [0.25, 0.3) is 0 Å². The summed E-state index contributed by atoms with van der Waals surface area (Å²) in [6, 6.07) is 0. The zero-order valence-corrected chi connectivity index (χ0v) is 64.1. The SMILES string of the molecule is CCCCCCCCCCCCCCCCCCC(=O)OCC1OC(OC2C(O)C(O)C(O)C(OC3OC(CO)C(O)C(O)C3O)C2OP(=O)(O)OCC(COC(=O)CCCCCCCCCCCCCCCCC)OC(=O)CCCCCCCCCCCCCCCCCC)C(O)C(O)C1O. The van der Waals surface area contributed by atoms with Crippen LogP contribution in [-0.4, -0.2) is 204 Å². The van der Waals surface area contributed by atoms with Crippen LogP contribution in [0, 0.1) is 0 Å². The molecular weight excluding hydrogens is 1340 g/mol. The van der Waals surface area contributed by atoms with Crippen LogP contribution >= 0.6 is 7.82 Å². The molecular formula is C77H145O24P. The highest BCUT2D eigenvalue weighted by Crippen LogP contribution is 2.49. The van der Waals surface area contributed by atoms with E-state index in [1.54, 1.807) is 0 Å². The van der Waals surface area contributed by atoms with Gasteiger partial charge in [-0.1, -0.05) is 303 Å². The van der Waals surface area contributed by atoms with Gasteiger partial charge < -0.3 is 89.1 Å². The van der Waals surface area contributed by atoms with Crippen LogP contribution in [0.4, 0.5) is 0 Å². The monoisotopic (exact) mass is 1480 g/mol. The van der Waals surface area contributed by atoms with E-state index in [4.69, 9.17) is 42.2 Å². The third-order valence-electron chi connectivity index (χ3n) is 20.4. The molecule has 0 aromatic carbocycles. The van der Waals surface area contributed by atoms with Gasteiger partial charge in [-0.3, -0.25) is 23.4 Å². The van der Waals surface area contributed by atoms with Crippen LogP contribution in [0.5, 0.6) is 0 Å². The lowest BCUT2D eigenvalue weighted by Crippen LogP contribution is -2.69. The Morgan fingerprint density at radius 2 is 0.627 bits per heavy atom. The molecule has 24 nitrogen and oxygen atoms in total. The van der Waals surface area contributed by atoms with Gasteiger partial charge in [-0.25, -0.2) is 4.57 Å². The van der Waals surface area contributed by atoms with Crippen molar-refractivity contribution in [3.63, 3.8) is 0 Å². The summed E-state index contributed by atoms with van der Waals surface area (Å²) in [5, 5.41) is 110. The summed E-state index contributed by atoms with van der Waals surface area (Å²) >= 11 is 0. The number of hydrogen-bond donors (Lipinski definition) is 11. The summed E-state index contributed by atoms with van der Waals surface area (Å²) in [4.78, 5) is 51.2. The van der Waals surface area contributed by atoms with Crippen molar-refractivity contribution in [3.8, 4) is 0 Å². The summed E-state index contributed by atoms with van der Waals surface area (Å²) < 4.78 is 65.2. The van der Waals surface area contributed by atoms with Gasteiger partial charge in [0.2, 0.25) is 0 Å². The number of carbonyl (C=O) groups is 3. The van der Waals surface area contributed by atoms with Crippen molar-refractivity contribution in [2.75, 3.05) is 26.4 Å². The van der Waals surface area contributed by atoms with E-state index < -0.39 is 156 Å². The number of phosphoric ester groups is 1. The average Bonchev–Trinajstić information content (AvgIpc) is 0.762. The Morgan fingerprint density at radius 1 is 0.343 bits per heavy atom. The molecule has 3 fully saturated rings. The number of aliphatic hydroxyl groups excluding tert-OH is 10. The maximum atomic E-state index is 14.4. The zero-order valence-electron chi connectivity index (χ0n) is 63.2. The fraction of sp³-hybridized carbons (Fsp3) is 0.961. The van der Waals surface area contributed by atoms with E-state index in [1.807, 2.05) is 0 Å². The van der Waals surface area contributed by atoms with Crippen molar-refractivity contribution in [2.45, 2.75) is 446 Å². The van der Waals surface area contributed by atoms with Crippen molar-refractivity contribution in [2.24, 2.45) is 0 Å². The molecule has 3 aliphatic rings. The van der Waals surface area contributed by atoms with E-state index in [2.05, 4.69) is 20.8 Å². The molecule has 2 heterocycles. The van der Waals surface area contributed by atoms with Crippen LogP contribution in [0.15, 0.2) is 0 Å². The number of rotatable bonds is 65. The Morgan fingerprint density at radius 3 is 0.961 bits per heavy atom. The molecule has 25 heteroatoms. The largest absolute Gasteiger partial charge is 0.472 e. The highest BCUT2D eigenvalue weighted by molar-refractivity contribution is 7.47. The van der Waals surface area contributed by atoms with Crippen LogP contribution in [0.1, 0.15) is 342 Å². The maximum Gasteiger partial charge on any atom is 0.472 e. The van der Waals surface area contributed by atoms with Crippen LogP contribution in [0.25, 0.3) is 0 Å². The second-order valence-electron chi connectivity index (χ2n) is 29.5. The predicted molar refractivity (Wildman–Crippen MR) is 389 cm³/mol. The first-order valence-corrected chi connectivity index (χ1v) is 42.3. The van der Waals surface area contributed by atoms with E-state index in [9.17, 15) is 74.9 Å². The van der Waals surface area contributed by atoms with E-state index in [-0.39, 0.29) is 19.3 Å². The van der Waals surface area contributed by atoms with Crippen molar-refractivity contribution in [1.29, 1.82) is 0 Å². The lowest BCUT2D eigenvalue weighted by Gasteiger charge is -2.49. The van der Waals surface area contributed by atoms with Crippen molar-refractivity contribution in [3.05, 3.63) is 0 Å². The number of ether oxygens (including phenoxy) is 7. The Bertz CT molecular complexity index is 2100. The lowest BCUT2D eigenvalue weighted by atomic mass is 9.84. The number of esters is 3. The lowest BCUT2D eigenvalue weighted by molar-refractivity contribution is -0.360. The molecule has 2 aliphatic heterocycles. The number of phosphoric acid groups is 1. The van der Waals surface area contributed by atoms with E-state index in [0.29, 0.717) is 19.3 Å². The summed E-state index contributed by atoms with van der Waals surface area (Å²) in [7, 11) is -5.69. The van der Waals surface area contributed by atoms with Crippen LogP contribution in [-0.2, 0) is 61.2 Å². The fourth-order valence-corrected chi connectivity index (χ4v) is 14.7. The van der Waals surface area contributed by atoms with Gasteiger partial charge in [0.15, 0.2) is 18.7 Å². The van der Waals surface area contributed by atoms with Gasteiger partial charge in [-0.2, -0.15) is 0 Å². The highest BCUT2D eigenvalue weighted by Gasteiger charge is 2.58. The summed E-state index contributed by atoms with van der Waals surface area (Å²) in [5.41, 5.74) is 0. The molecule has 0 aromatic heterocycles. The molecule has 2 saturated heterocycles. The number of unbranched alkanes of at least 4 members (excludes halogenated alkanes) is 44. The quantitative estimate of drug-likeness (QED) is 0.0117. The van der Waals surface area contributed by atoms with Gasteiger partial charge in [0.1, 0.15) is 98.7 Å². The molecule has 18 atom stereocenters. The van der Waals surface area contributed by atoms with E-state index in [1.165, 1.54) is 193 Å². The molecule has 0 bridgehead atoms. The number of aliphatic hydroxyl groups is 10. The minimum Gasteiger partial charge on any atom is -0.463 e. The Hall–Kier alpha value is -2.04. The van der Waals surface area contributed by atoms with Gasteiger partial charge in [-0.05, 0) is 19.3 Å². The molecule has 0 radical (unpaired) electrons. The van der Waals surface area contributed by atoms with Gasteiger partial charge in [-0.15, -0.1) is 0 Å². The minimum absolute atomic E-state index is 0.0326. The number of carbonyl (C=O) groups excluding carboxylic acids is 3. The van der Waals surface area contributed by atoms with E-state index >= 15 is 0 Å². The topological polar surface area (TPSA) is 374 Å². The molecule has 602 valence electrons. The Balaban J connectivity index is 1.70. The highest BCUT2D eigenvalue weighted by atomic mass is 31.2. The minimum atomic E-state index is -5.69. The van der Waals surface area contributed by atoms with Crippen molar-refractivity contribution in [1.82, 2.24) is 0 Å². The van der Waals surface area contributed by atoms with Crippen molar-refractivity contribution >= 4 is 25.7 Å². The molecule has 18 unspecified atom stereocenters. The molecule has 0 spiro atoms. The van der Waals surface area contributed by atoms with Gasteiger partial charge in [0.05, 0.1) is 13.2 Å². The molecule has 0 amide bonds. The van der Waals surface area contributed by atoms with E-state index in [0.717, 1.165) is 89.9 Å². The second-order valence-corrected chi connectivity index (χ2v) is 30.9. The summed E-state index contributed by atoms with van der Waals surface area (Å²) in [6.45, 7) is 3.52. The Labute approximate surface area is 612 Å². The normalized spacial score (nSPS) is 27.0. The Kier molecular flexibility index (Phi) is 54.4. The van der Waals surface area contributed by atoms with Crippen LogP contribution in [0.2, 0.25) is 0 Å².